The topological polar surface area (TPSA) is 40.2 Å². The van der Waals surface area contributed by atoms with Gasteiger partial charge in [-0.1, -0.05) is 30.3 Å². The minimum Gasteiger partial charge on any atom is -0.349 e. The predicted molar refractivity (Wildman–Crippen MR) is 101 cm³/mol. The van der Waals surface area contributed by atoms with Gasteiger partial charge >= 0.3 is 0 Å². The summed E-state index contributed by atoms with van der Waals surface area (Å²) in [5.41, 5.74) is 1.23. The van der Waals surface area contributed by atoms with E-state index in [0.717, 1.165) is 13.1 Å². The molecule has 0 unspecified atom stereocenters. The van der Waals surface area contributed by atoms with Crippen LogP contribution >= 0.6 is 0 Å². The van der Waals surface area contributed by atoms with Gasteiger partial charge in [0.05, 0.1) is 6.10 Å². The number of hydrogen-bond donors (Lipinski definition) is 0. The molecule has 6 heteroatoms. The van der Waals surface area contributed by atoms with Crippen LogP contribution in [0.1, 0.15) is 32.8 Å². The van der Waals surface area contributed by atoms with Crippen molar-refractivity contribution in [1.82, 2.24) is 4.90 Å². The maximum atomic E-state index is 14.5. The third kappa shape index (κ3) is 4.05. The largest absolute Gasteiger partial charge is 0.349 e. The molecule has 2 fully saturated rings. The van der Waals surface area contributed by atoms with Crippen LogP contribution in [0.2, 0.25) is 0 Å². The Balaban J connectivity index is 1.85. The second-order valence-corrected chi connectivity index (χ2v) is 7.89. The van der Waals surface area contributed by atoms with Crippen LogP contribution in [0, 0.1) is 5.92 Å². The summed E-state index contributed by atoms with van der Waals surface area (Å²) in [5, 5.41) is 0. The Morgan fingerprint density at radius 3 is 2.37 bits per heavy atom. The molecule has 2 heterocycles. The molecule has 2 saturated heterocycles. The number of likely N-dealkylation sites (tertiary alicyclic amines) is 1. The second-order valence-electron chi connectivity index (χ2n) is 7.89. The standard InChI is InChI=1S/C21H32FNO4/c1-15(22)17-11-12-23(13-16-9-7-6-8-10-16)14-18-19(17)27-21(3,25-5)20(2,24-4)26-18/h6-10,15,17-19H,11-14H2,1-5H3/t15-,17+,18+,19+,20-,21-/m0/s1. The summed E-state index contributed by atoms with van der Waals surface area (Å²) in [5.74, 6) is -2.44. The molecule has 0 amide bonds. The molecule has 0 N–H and O–H groups in total. The van der Waals surface area contributed by atoms with Gasteiger partial charge in [-0.25, -0.2) is 4.39 Å². The molecule has 1 aromatic rings. The van der Waals surface area contributed by atoms with Crippen LogP contribution < -0.4 is 0 Å². The Kier molecular flexibility index (Phi) is 6.23. The Bertz CT molecular complexity index is 615. The monoisotopic (exact) mass is 381 g/mol. The Morgan fingerprint density at radius 1 is 1.15 bits per heavy atom. The number of halogens is 1. The summed E-state index contributed by atoms with van der Waals surface area (Å²) in [6.07, 6.45) is -0.976. The fourth-order valence-electron chi connectivity index (χ4n) is 4.19. The van der Waals surface area contributed by atoms with Crippen LogP contribution in [0.4, 0.5) is 4.39 Å². The van der Waals surface area contributed by atoms with E-state index >= 15 is 0 Å². The number of nitrogens with zero attached hydrogens (tertiary/aromatic N) is 1. The summed E-state index contributed by atoms with van der Waals surface area (Å²) in [6, 6.07) is 10.3. The third-order valence-electron chi connectivity index (χ3n) is 6.19. The molecule has 5 nitrogen and oxygen atoms in total. The molecule has 3 rings (SSSR count). The maximum Gasteiger partial charge on any atom is 0.220 e. The average molecular weight is 381 g/mol. The van der Waals surface area contributed by atoms with Crippen LogP contribution in [-0.2, 0) is 25.5 Å². The SMILES string of the molecule is CO[C@@]1(C)O[C@@H]2[C@@H]([C@H](C)F)CCN(Cc3ccccc3)C[C@H]2O[C@]1(C)OC. The van der Waals surface area contributed by atoms with Gasteiger partial charge in [-0.3, -0.25) is 4.90 Å². The van der Waals surface area contributed by atoms with Gasteiger partial charge in [0.1, 0.15) is 12.3 Å². The molecule has 0 saturated carbocycles. The summed E-state index contributed by atoms with van der Waals surface area (Å²) in [6.45, 7) is 7.45. The Labute approximate surface area is 161 Å². The Morgan fingerprint density at radius 2 is 1.78 bits per heavy atom. The Hall–Kier alpha value is -1.05. The van der Waals surface area contributed by atoms with Crippen LogP contribution in [0.5, 0.6) is 0 Å². The zero-order valence-corrected chi connectivity index (χ0v) is 17.0. The van der Waals surface area contributed by atoms with E-state index in [2.05, 4.69) is 17.0 Å². The van der Waals surface area contributed by atoms with Gasteiger partial charge in [-0.05, 0) is 39.3 Å². The lowest BCUT2D eigenvalue weighted by atomic mass is 9.89. The molecule has 27 heavy (non-hydrogen) atoms. The fraction of sp³-hybridized carbons (Fsp3) is 0.714. The van der Waals surface area contributed by atoms with E-state index in [9.17, 15) is 4.39 Å². The van der Waals surface area contributed by atoms with Crippen molar-refractivity contribution in [2.24, 2.45) is 5.92 Å². The van der Waals surface area contributed by atoms with Crippen LogP contribution in [0.15, 0.2) is 30.3 Å². The summed E-state index contributed by atoms with van der Waals surface area (Å²) in [7, 11) is 3.14. The minimum atomic E-state index is -1.11. The van der Waals surface area contributed by atoms with Gasteiger partial charge in [0.15, 0.2) is 0 Å². The molecule has 1 aromatic carbocycles. The maximum absolute atomic E-state index is 14.5. The van der Waals surface area contributed by atoms with Gasteiger partial charge < -0.3 is 18.9 Å². The quantitative estimate of drug-likeness (QED) is 0.782. The highest BCUT2D eigenvalue weighted by molar-refractivity contribution is 5.14. The van der Waals surface area contributed by atoms with Crippen molar-refractivity contribution in [2.45, 2.75) is 63.7 Å². The first-order chi connectivity index (χ1) is 12.8. The first-order valence-electron chi connectivity index (χ1n) is 9.68. The van der Waals surface area contributed by atoms with E-state index < -0.39 is 17.7 Å². The third-order valence-corrected chi connectivity index (χ3v) is 6.19. The van der Waals surface area contributed by atoms with Gasteiger partial charge in [-0.15, -0.1) is 0 Å². The van der Waals surface area contributed by atoms with E-state index in [1.54, 1.807) is 28.1 Å². The summed E-state index contributed by atoms with van der Waals surface area (Å²) < 4.78 is 38.5. The van der Waals surface area contributed by atoms with Crippen LogP contribution in [-0.4, -0.2) is 62.2 Å². The molecular formula is C21H32FNO4. The van der Waals surface area contributed by atoms with Crippen molar-refractivity contribution in [3.05, 3.63) is 35.9 Å². The first kappa shape index (κ1) is 20.7. The lowest BCUT2D eigenvalue weighted by molar-refractivity contribution is -0.452. The molecule has 0 aromatic heterocycles. The molecule has 6 atom stereocenters. The number of ether oxygens (including phenoxy) is 4. The molecule has 0 spiro atoms. The average Bonchev–Trinajstić information content (AvgIpc) is 2.81. The minimum absolute atomic E-state index is 0.258. The number of alkyl halides is 1. The van der Waals surface area contributed by atoms with Crippen molar-refractivity contribution in [3.8, 4) is 0 Å². The predicted octanol–water partition coefficient (Wildman–Crippen LogP) is 3.38. The highest BCUT2D eigenvalue weighted by Gasteiger charge is 2.59. The number of hydrogen-bond acceptors (Lipinski definition) is 5. The van der Waals surface area contributed by atoms with E-state index in [1.165, 1.54) is 5.56 Å². The molecule has 152 valence electrons. The van der Waals surface area contributed by atoms with E-state index in [-0.39, 0.29) is 18.1 Å². The molecule has 2 aliphatic rings. The van der Waals surface area contributed by atoms with Gasteiger partial charge in [0.25, 0.3) is 0 Å². The molecule has 0 aliphatic carbocycles. The smallest absolute Gasteiger partial charge is 0.220 e. The van der Waals surface area contributed by atoms with Crippen LogP contribution in [0.3, 0.4) is 0 Å². The number of methoxy groups -OCH3 is 2. The van der Waals surface area contributed by atoms with Crippen molar-refractivity contribution in [1.29, 1.82) is 0 Å². The zero-order chi connectivity index (χ0) is 19.7. The zero-order valence-electron chi connectivity index (χ0n) is 17.0. The van der Waals surface area contributed by atoms with Gasteiger partial charge in [0.2, 0.25) is 11.6 Å². The molecule has 0 radical (unpaired) electrons. The van der Waals surface area contributed by atoms with Crippen molar-refractivity contribution < 1.29 is 23.3 Å². The highest BCUT2D eigenvalue weighted by atomic mass is 19.1. The second kappa shape index (κ2) is 8.13. The van der Waals surface area contributed by atoms with Crippen molar-refractivity contribution in [3.63, 3.8) is 0 Å². The lowest BCUT2D eigenvalue weighted by Gasteiger charge is -2.53. The normalized spacial score (nSPS) is 38.8. The molecule has 2 aliphatic heterocycles. The van der Waals surface area contributed by atoms with Crippen molar-refractivity contribution >= 4 is 0 Å². The molecule has 0 bridgehead atoms. The number of benzene rings is 1. The van der Waals surface area contributed by atoms with Crippen LogP contribution in [0.25, 0.3) is 0 Å². The van der Waals surface area contributed by atoms with E-state index in [0.29, 0.717) is 13.0 Å². The number of fused-ring (bicyclic) bond motifs is 1. The fourth-order valence-corrected chi connectivity index (χ4v) is 4.19. The van der Waals surface area contributed by atoms with Gasteiger partial charge in [-0.2, -0.15) is 0 Å². The van der Waals surface area contributed by atoms with Gasteiger partial charge in [0, 0.05) is 33.2 Å². The lowest BCUT2D eigenvalue weighted by Crippen LogP contribution is -2.67. The summed E-state index contributed by atoms with van der Waals surface area (Å²) >= 11 is 0. The first-order valence-corrected chi connectivity index (χ1v) is 9.68. The summed E-state index contributed by atoms with van der Waals surface area (Å²) in [4.78, 5) is 2.31. The van der Waals surface area contributed by atoms with E-state index in [4.69, 9.17) is 18.9 Å². The number of rotatable bonds is 5. The van der Waals surface area contributed by atoms with E-state index in [1.807, 2.05) is 25.1 Å². The molecular weight excluding hydrogens is 349 g/mol. The highest BCUT2D eigenvalue weighted by Crippen LogP contribution is 2.43. The van der Waals surface area contributed by atoms with Crippen molar-refractivity contribution in [2.75, 3.05) is 27.3 Å².